The molecule has 3 heterocycles. The van der Waals surface area contributed by atoms with Gasteiger partial charge in [-0.25, -0.2) is 0 Å². The van der Waals surface area contributed by atoms with Crippen LogP contribution in [0.25, 0.3) is 0 Å². The van der Waals surface area contributed by atoms with Gasteiger partial charge in [0, 0.05) is 35.8 Å². The summed E-state index contributed by atoms with van der Waals surface area (Å²) < 4.78 is 0. The molecule has 2 saturated carbocycles. The molecule has 2 aliphatic heterocycles. The zero-order valence-electron chi connectivity index (χ0n) is 18.1. The maximum absolute atomic E-state index is 13.2. The number of anilines is 1. The van der Waals surface area contributed by atoms with Crippen molar-refractivity contribution in [3.8, 4) is 0 Å². The van der Waals surface area contributed by atoms with Crippen LogP contribution in [0.15, 0.2) is 34.1 Å². The second kappa shape index (κ2) is 7.20. The number of fused-ring (bicyclic) bond motifs is 9. The van der Waals surface area contributed by atoms with Crippen molar-refractivity contribution in [1.29, 1.82) is 0 Å². The lowest BCUT2D eigenvalue weighted by Gasteiger charge is -2.43. The standard InChI is InChI=1S/C23H23N3O5S2/c1-25(2)10-5-3-9(4-6-10)14-15-11-7-12(18(15)32-20-19(14)33-23(31)24-20)17-16(11)21(29)26(22(17)30)8-13(27)28/h3-6,11-12,14-18H,7-8H2,1-2H3,(H,24,31)(H,27,28)/t11-,12+,14+,15+,16+,17+,18-/m0/s1. The fraction of sp³-hybridized carbons (Fsp3) is 0.478. The molecule has 8 nitrogen and oxygen atoms in total. The monoisotopic (exact) mass is 485 g/mol. The second-order valence-corrected chi connectivity index (χ2v) is 11.8. The third-order valence-corrected chi connectivity index (χ3v) is 10.5. The number of thioether (sulfide) groups is 1. The normalized spacial score (nSPS) is 33.8. The highest BCUT2D eigenvalue weighted by atomic mass is 32.2. The number of benzene rings is 1. The summed E-state index contributed by atoms with van der Waals surface area (Å²) in [6.45, 7) is -0.567. The number of hydrogen-bond acceptors (Lipinski definition) is 7. The number of imide groups is 1. The zero-order valence-corrected chi connectivity index (χ0v) is 19.7. The number of nitrogens with zero attached hydrogens (tertiary/aromatic N) is 2. The third-order valence-electron chi connectivity index (χ3n) is 7.88. The zero-order chi connectivity index (χ0) is 23.2. The van der Waals surface area contributed by atoms with E-state index in [4.69, 9.17) is 0 Å². The molecule has 10 heteroatoms. The molecule has 3 fully saturated rings. The van der Waals surface area contributed by atoms with E-state index in [1.807, 2.05) is 19.0 Å². The number of thiazole rings is 1. The summed E-state index contributed by atoms with van der Waals surface area (Å²) in [4.78, 5) is 56.7. The average Bonchev–Trinajstić information content (AvgIpc) is 3.49. The summed E-state index contributed by atoms with van der Waals surface area (Å²) in [5.74, 6) is -2.65. The largest absolute Gasteiger partial charge is 0.480 e. The first-order valence-electron chi connectivity index (χ1n) is 11.0. The van der Waals surface area contributed by atoms with Crippen LogP contribution in [0.4, 0.5) is 5.69 Å². The molecule has 2 amide bonds. The maximum Gasteiger partial charge on any atom is 0.323 e. The number of carbonyl (C=O) groups is 3. The van der Waals surface area contributed by atoms with Crippen LogP contribution in [0.3, 0.4) is 0 Å². The van der Waals surface area contributed by atoms with Crippen molar-refractivity contribution in [2.24, 2.45) is 29.6 Å². The van der Waals surface area contributed by atoms with E-state index in [0.717, 1.165) is 32.5 Å². The molecule has 172 valence electrons. The first-order valence-corrected chi connectivity index (χ1v) is 12.7. The van der Waals surface area contributed by atoms with Crippen molar-refractivity contribution in [3.63, 3.8) is 0 Å². The SMILES string of the molecule is CN(C)c1ccc([C@H]2c3sc(=O)[nH]c3S[C@H]3[C@@H]4C[C@H]([C@H]5C(=O)N(CC(=O)O)C(=O)[C@H]45)[C@H]23)cc1. The predicted octanol–water partition coefficient (Wildman–Crippen LogP) is 2.06. The van der Waals surface area contributed by atoms with Crippen molar-refractivity contribution in [1.82, 2.24) is 9.88 Å². The first kappa shape index (κ1) is 21.0. The number of carboxylic acid groups (broad SMARTS) is 1. The highest BCUT2D eigenvalue weighted by molar-refractivity contribution is 8.00. The Morgan fingerprint density at radius 1 is 1.12 bits per heavy atom. The minimum Gasteiger partial charge on any atom is -0.480 e. The summed E-state index contributed by atoms with van der Waals surface area (Å²) in [6, 6.07) is 8.33. The molecule has 2 N–H and O–H groups in total. The number of carboxylic acids is 1. The Hall–Kier alpha value is -2.59. The lowest BCUT2D eigenvalue weighted by atomic mass is 9.68. The molecule has 2 aliphatic carbocycles. The minimum absolute atomic E-state index is 0.00313. The Morgan fingerprint density at radius 3 is 2.42 bits per heavy atom. The fourth-order valence-electron chi connectivity index (χ4n) is 6.72. The molecular formula is C23H23N3O5S2. The van der Waals surface area contributed by atoms with Gasteiger partial charge in [-0.1, -0.05) is 23.5 Å². The van der Waals surface area contributed by atoms with Crippen LogP contribution in [0.2, 0.25) is 0 Å². The van der Waals surface area contributed by atoms with E-state index < -0.39 is 24.3 Å². The number of amides is 2. The molecule has 0 spiro atoms. The van der Waals surface area contributed by atoms with Crippen LogP contribution in [0.1, 0.15) is 22.8 Å². The van der Waals surface area contributed by atoms with Gasteiger partial charge in [-0.15, -0.1) is 11.8 Å². The van der Waals surface area contributed by atoms with E-state index in [2.05, 4.69) is 29.2 Å². The van der Waals surface area contributed by atoms with Gasteiger partial charge in [0.05, 0.1) is 16.9 Å². The average molecular weight is 486 g/mol. The molecular weight excluding hydrogens is 462 g/mol. The number of carbonyl (C=O) groups excluding carboxylic acids is 2. The van der Waals surface area contributed by atoms with Crippen molar-refractivity contribution in [2.75, 3.05) is 25.5 Å². The number of aliphatic carboxylic acids is 1. The van der Waals surface area contributed by atoms with Gasteiger partial charge < -0.3 is 15.0 Å². The van der Waals surface area contributed by atoms with Gasteiger partial charge in [0.15, 0.2) is 0 Å². The molecule has 4 aliphatic rings. The van der Waals surface area contributed by atoms with E-state index >= 15 is 0 Å². The number of nitrogens with one attached hydrogen (secondary N) is 1. The van der Waals surface area contributed by atoms with Gasteiger partial charge in [0.2, 0.25) is 11.8 Å². The highest BCUT2D eigenvalue weighted by Gasteiger charge is 2.69. The summed E-state index contributed by atoms with van der Waals surface area (Å²) in [6.07, 6.45) is 0.793. The lowest BCUT2D eigenvalue weighted by molar-refractivity contribution is -0.149. The summed E-state index contributed by atoms with van der Waals surface area (Å²) in [5.41, 5.74) is 2.19. The number of rotatable bonds is 4. The van der Waals surface area contributed by atoms with Crippen molar-refractivity contribution in [3.05, 3.63) is 44.4 Å². The molecule has 6 rings (SSSR count). The van der Waals surface area contributed by atoms with E-state index in [1.54, 1.807) is 11.8 Å². The quantitative estimate of drug-likeness (QED) is 0.638. The number of aromatic nitrogens is 1. The van der Waals surface area contributed by atoms with E-state index in [1.165, 1.54) is 11.3 Å². The summed E-state index contributed by atoms with van der Waals surface area (Å²) >= 11 is 2.87. The van der Waals surface area contributed by atoms with Gasteiger partial charge >= 0.3 is 10.8 Å². The topological polar surface area (TPSA) is 111 Å². The Balaban J connectivity index is 1.43. The van der Waals surface area contributed by atoms with Gasteiger partial charge in [0.25, 0.3) is 0 Å². The molecule has 1 aromatic carbocycles. The van der Waals surface area contributed by atoms with Gasteiger partial charge in [-0.05, 0) is 41.9 Å². The van der Waals surface area contributed by atoms with Crippen LogP contribution >= 0.6 is 23.1 Å². The molecule has 0 unspecified atom stereocenters. The smallest absolute Gasteiger partial charge is 0.323 e. The van der Waals surface area contributed by atoms with Crippen molar-refractivity contribution in [2.45, 2.75) is 22.6 Å². The van der Waals surface area contributed by atoms with Crippen molar-refractivity contribution >= 4 is 46.6 Å². The van der Waals surface area contributed by atoms with Crippen LogP contribution < -0.4 is 9.77 Å². The van der Waals surface area contributed by atoms with Crippen LogP contribution in [0.5, 0.6) is 0 Å². The van der Waals surface area contributed by atoms with E-state index in [9.17, 15) is 24.3 Å². The van der Waals surface area contributed by atoms with Crippen LogP contribution in [0, 0.1) is 29.6 Å². The Kier molecular flexibility index (Phi) is 4.58. The molecule has 7 atom stereocenters. The molecule has 1 saturated heterocycles. The number of hydrogen-bond donors (Lipinski definition) is 2. The summed E-state index contributed by atoms with van der Waals surface area (Å²) in [5, 5.41) is 10.2. The molecule has 1 aromatic heterocycles. The predicted molar refractivity (Wildman–Crippen MR) is 124 cm³/mol. The lowest BCUT2D eigenvalue weighted by Crippen LogP contribution is -2.42. The van der Waals surface area contributed by atoms with Crippen molar-refractivity contribution < 1.29 is 19.5 Å². The van der Waals surface area contributed by atoms with E-state index in [0.29, 0.717) is 0 Å². The second-order valence-electron chi connectivity index (χ2n) is 9.60. The van der Waals surface area contributed by atoms with Crippen LogP contribution in [-0.4, -0.2) is 58.7 Å². The minimum atomic E-state index is -1.17. The summed E-state index contributed by atoms with van der Waals surface area (Å²) in [7, 11) is 3.97. The van der Waals surface area contributed by atoms with Crippen LogP contribution in [-0.2, 0) is 14.4 Å². The van der Waals surface area contributed by atoms with Gasteiger partial charge in [-0.3, -0.25) is 24.1 Å². The number of H-pyrrole nitrogens is 1. The molecule has 0 radical (unpaired) electrons. The molecule has 33 heavy (non-hydrogen) atoms. The molecule has 2 bridgehead atoms. The van der Waals surface area contributed by atoms with Gasteiger partial charge in [0.1, 0.15) is 6.54 Å². The number of likely N-dealkylation sites (tertiary alicyclic amines) is 1. The first-order chi connectivity index (χ1) is 15.8. The third kappa shape index (κ3) is 2.89. The Labute approximate surface area is 198 Å². The fourth-order valence-corrected chi connectivity index (χ4v) is 9.61. The number of aromatic amines is 1. The highest BCUT2D eigenvalue weighted by Crippen LogP contribution is 2.68. The maximum atomic E-state index is 13.2. The Morgan fingerprint density at radius 2 is 1.79 bits per heavy atom. The van der Waals surface area contributed by atoms with E-state index in [-0.39, 0.29) is 45.6 Å². The van der Waals surface area contributed by atoms with Gasteiger partial charge in [-0.2, -0.15) is 0 Å². The Bertz CT molecular complexity index is 1240. The molecule has 2 aromatic rings.